The van der Waals surface area contributed by atoms with Crippen molar-refractivity contribution in [3.63, 3.8) is 0 Å². The number of carbonyl (C=O) groups excluding carboxylic acids is 1. The van der Waals surface area contributed by atoms with Gasteiger partial charge in [-0.05, 0) is 13.3 Å². The number of rotatable bonds is 6. The normalized spacial score (nSPS) is 12.3. The average Bonchev–Trinajstić information content (AvgIpc) is 3.00. The van der Waals surface area contributed by atoms with E-state index in [0.717, 1.165) is 18.7 Å². The monoisotopic (exact) mass is 262 g/mol. The molecule has 1 amide bonds. The molecule has 2 heterocycles. The van der Waals surface area contributed by atoms with E-state index in [1.54, 1.807) is 18.6 Å². The summed E-state index contributed by atoms with van der Waals surface area (Å²) in [7, 11) is 0. The summed E-state index contributed by atoms with van der Waals surface area (Å²) < 4.78 is 6.98. The molecule has 0 aliphatic rings. The van der Waals surface area contributed by atoms with Gasteiger partial charge in [-0.2, -0.15) is 0 Å². The van der Waals surface area contributed by atoms with Crippen molar-refractivity contribution in [1.82, 2.24) is 20.0 Å². The molecular weight excluding hydrogens is 244 g/mol. The zero-order chi connectivity index (χ0) is 13.7. The van der Waals surface area contributed by atoms with Crippen LogP contribution in [0.15, 0.2) is 29.3 Å². The first kappa shape index (κ1) is 13.3. The SMILES string of the molecule is CC[C@@H](Cn1ccnc1)NC(=O)Cc1cc(C)no1. The topological polar surface area (TPSA) is 73.0 Å². The van der Waals surface area contributed by atoms with Crippen molar-refractivity contribution < 1.29 is 9.32 Å². The Morgan fingerprint density at radius 1 is 1.58 bits per heavy atom. The van der Waals surface area contributed by atoms with Crippen LogP contribution in [0.1, 0.15) is 24.8 Å². The highest BCUT2D eigenvalue weighted by atomic mass is 16.5. The van der Waals surface area contributed by atoms with Gasteiger partial charge in [-0.15, -0.1) is 0 Å². The highest BCUT2D eigenvalue weighted by Gasteiger charge is 2.13. The number of nitrogens with zero attached hydrogens (tertiary/aromatic N) is 3. The third kappa shape index (κ3) is 3.94. The van der Waals surface area contributed by atoms with E-state index in [4.69, 9.17) is 4.52 Å². The van der Waals surface area contributed by atoms with Gasteiger partial charge in [-0.3, -0.25) is 4.79 Å². The van der Waals surface area contributed by atoms with E-state index in [2.05, 4.69) is 15.5 Å². The maximum atomic E-state index is 11.9. The summed E-state index contributed by atoms with van der Waals surface area (Å²) in [6.07, 6.45) is 6.44. The summed E-state index contributed by atoms with van der Waals surface area (Å²) >= 11 is 0. The van der Waals surface area contributed by atoms with Gasteiger partial charge >= 0.3 is 0 Å². The van der Waals surface area contributed by atoms with Gasteiger partial charge in [0, 0.05) is 31.0 Å². The molecule has 1 N–H and O–H groups in total. The molecule has 0 aromatic carbocycles. The minimum Gasteiger partial charge on any atom is -0.361 e. The number of nitrogens with one attached hydrogen (secondary N) is 1. The summed E-state index contributed by atoms with van der Waals surface area (Å²) in [6.45, 7) is 4.59. The van der Waals surface area contributed by atoms with Crippen LogP contribution in [-0.4, -0.2) is 26.7 Å². The zero-order valence-electron chi connectivity index (χ0n) is 11.2. The maximum Gasteiger partial charge on any atom is 0.228 e. The smallest absolute Gasteiger partial charge is 0.228 e. The number of hydrogen-bond donors (Lipinski definition) is 1. The van der Waals surface area contributed by atoms with E-state index in [9.17, 15) is 4.79 Å². The van der Waals surface area contributed by atoms with Crippen LogP contribution in [0.4, 0.5) is 0 Å². The summed E-state index contributed by atoms with van der Waals surface area (Å²) in [4.78, 5) is 15.9. The quantitative estimate of drug-likeness (QED) is 0.852. The molecule has 2 aromatic heterocycles. The van der Waals surface area contributed by atoms with Crippen molar-refractivity contribution in [1.29, 1.82) is 0 Å². The van der Waals surface area contributed by atoms with Gasteiger partial charge < -0.3 is 14.4 Å². The van der Waals surface area contributed by atoms with Gasteiger partial charge in [-0.1, -0.05) is 12.1 Å². The molecule has 0 aliphatic heterocycles. The number of amides is 1. The highest BCUT2D eigenvalue weighted by Crippen LogP contribution is 2.04. The third-order valence-electron chi connectivity index (χ3n) is 2.86. The van der Waals surface area contributed by atoms with Crippen molar-refractivity contribution in [2.45, 2.75) is 39.3 Å². The fraction of sp³-hybridized carbons (Fsp3) is 0.462. The molecule has 0 radical (unpaired) electrons. The molecule has 0 saturated carbocycles. The Balaban J connectivity index is 1.85. The number of aromatic nitrogens is 3. The largest absolute Gasteiger partial charge is 0.361 e. The lowest BCUT2D eigenvalue weighted by atomic mass is 10.2. The molecule has 0 aliphatic carbocycles. The summed E-state index contributed by atoms with van der Waals surface area (Å²) in [5.41, 5.74) is 0.785. The Hall–Kier alpha value is -2.11. The van der Waals surface area contributed by atoms with Crippen LogP contribution < -0.4 is 5.32 Å². The highest BCUT2D eigenvalue weighted by molar-refractivity contribution is 5.78. The fourth-order valence-corrected chi connectivity index (χ4v) is 1.86. The molecule has 0 saturated heterocycles. The molecule has 2 aromatic rings. The van der Waals surface area contributed by atoms with Gasteiger partial charge in [0.2, 0.25) is 5.91 Å². The van der Waals surface area contributed by atoms with Crippen molar-refractivity contribution in [3.05, 3.63) is 36.2 Å². The van der Waals surface area contributed by atoms with Crippen molar-refractivity contribution in [2.75, 3.05) is 0 Å². The number of carbonyl (C=O) groups is 1. The summed E-state index contributed by atoms with van der Waals surface area (Å²) in [5, 5.41) is 6.75. The molecule has 2 rings (SSSR count). The fourth-order valence-electron chi connectivity index (χ4n) is 1.86. The number of aryl methyl sites for hydroxylation is 1. The first-order chi connectivity index (χ1) is 9.17. The Morgan fingerprint density at radius 2 is 2.42 bits per heavy atom. The number of imidazole rings is 1. The Bertz CT molecular complexity index is 518. The number of hydrogen-bond acceptors (Lipinski definition) is 4. The lowest BCUT2D eigenvalue weighted by Crippen LogP contribution is -2.38. The van der Waals surface area contributed by atoms with Gasteiger partial charge in [0.05, 0.1) is 18.4 Å². The maximum absolute atomic E-state index is 11.9. The van der Waals surface area contributed by atoms with Crippen LogP contribution >= 0.6 is 0 Å². The van der Waals surface area contributed by atoms with E-state index in [1.807, 2.05) is 24.6 Å². The van der Waals surface area contributed by atoms with Crippen molar-refractivity contribution >= 4 is 5.91 Å². The molecular formula is C13H18N4O2. The Kier molecular flexibility index (Phi) is 4.33. The predicted octanol–water partition coefficient (Wildman–Crippen LogP) is 1.32. The molecule has 19 heavy (non-hydrogen) atoms. The van der Waals surface area contributed by atoms with Crippen LogP contribution in [-0.2, 0) is 17.8 Å². The van der Waals surface area contributed by atoms with E-state index in [0.29, 0.717) is 5.76 Å². The lowest BCUT2D eigenvalue weighted by Gasteiger charge is -2.17. The molecule has 102 valence electrons. The molecule has 0 spiro atoms. The molecule has 0 unspecified atom stereocenters. The van der Waals surface area contributed by atoms with Gasteiger partial charge in [0.15, 0.2) is 0 Å². The second kappa shape index (κ2) is 6.17. The predicted molar refractivity (Wildman–Crippen MR) is 69.4 cm³/mol. The van der Waals surface area contributed by atoms with E-state index in [-0.39, 0.29) is 18.4 Å². The average molecular weight is 262 g/mol. The molecule has 6 heteroatoms. The molecule has 6 nitrogen and oxygen atoms in total. The third-order valence-corrected chi connectivity index (χ3v) is 2.86. The van der Waals surface area contributed by atoms with E-state index in [1.165, 1.54) is 0 Å². The van der Waals surface area contributed by atoms with E-state index >= 15 is 0 Å². The summed E-state index contributed by atoms with van der Waals surface area (Å²) in [6, 6.07) is 1.86. The molecule has 0 bridgehead atoms. The first-order valence-electron chi connectivity index (χ1n) is 6.34. The van der Waals surface area contributed by atoms with E-state index < -0.39 is 0 Å². The van der Waals surface area contributed by atoms with Crippen LogP contribution in [0.3, 0.4) is 0 Å². The van der Waals surface area contributed by atoms with Crippen LogP contribution in [0, 0.1) is 6.92 Å². The van der Waals surface area contributed by atoms with Gasteiger partial charge in [0.25, 0.3) is 0 Å². The Labute approximate surface area is 111 Å². The summed E-state index contributed by atoms with van der Waals surface area (Å²) in [5.74, 6) is 0.538. The standard InChI is InChI=1S/C13H18N4O2/c1-3-11(8-17-5-4-14-9-17)15-13(18)7-12-6-10(2)16-19-12/h4-6,9,11H,3,7-8H2,1-2H3,(H,15,18)/t11-/m0/s1. The molecule has 1 atom stereocenters. The van der Waals surface area contributed by atoms with Crippen LogP contribution in [0.5, 0.6) is 0 Å². The second-order valence-corrected chi connectivity index (χ2v) is 4.54. The van der Waals surface area contributed by atoms with Gasteiger partial charge in [0.1, 0.15) is 5.76 Å². The lowest BCUT2D eigenvalue weighted by molar-refractivity contribution is -0.121. The minimum atomic E-state index is -0.0527. The van der Waals surface area contributed by atoms with Crippen molar-refractivity contribution in [3.8, 4) is 0 Å². The zero-order valence-corrected chi connectivity index (χ0v) is 11.2. The second-order valence-electron chi connectivity index (χ2n) is 4.54. The van der Waals surface area contributed by atoms with Crippen molar-refractivity contribution in [2.24, 2.45) is 0 Å². The first-order valence-corrected chi connectivity index (χ1v) is 6.34. The van der Waals surface area contributed by atoms with Gasteiger partial charge in [-0.25, -0.2) is 4.98 Å². The molecule has 0 fully saturated rings. The van der Waals surface area contributed by atoms with Crippen LogP contribution in [0.25, 0.3) is 0 Å². The minimum absolute atomic E-state index is 0.0527. The Morgan fingerprint density at radius 3 is 3.00 bits per heavy atom. The van der Waals surface area contributed by atoms with Crippen LogP contribution in [0.2, 0.25) is 0 Å².